The second-order valence-corrected chi connectivity index (χ2v) is 14.5. The molecular formula is C34H50O20. The average molecular weight is 779 g/mol. The van der Waals surface area contributed by atoms with Gasteiger partial charge in [0.15, 0.2) is 18.9 Å². The molecule has 20 nitrogen and oxygen atoms in total. The van der Waals surface area contributed by atoms with Crippen LogP contribution in [0.5, 0.6) is 0 Å². The summed E-state index contributed by atoms with van der Waals surface area (Å²) < 4.78 is 56.7. The molecule has 0 amide bonds. The topological polar surface area (TPSA) is 288 Å². The van der Waals surface area contributed by atoms with E-state index >= 15 is 0 Å². The Morgan fingerprint density at radius 3 is 1.70 bits per heavy atom. The quantitative estimate of drug-likeness (QED) is 0.0997. The molecule has 6 rings (SSSR count). The van der Waals surface area contributed by atoms with E-state index in [0.29, 0.717) is 0 Å². The first-order chi connectivity index (χ1) is 25.7. The monoisotopic (exact) mass is 778 g/mol. The molecular weight excluding hydrogens is 728 g/mol. The number of ether oxygens (including phenoxy) is 10. The van der Waals surface area contributed by atoms with Crippen LogP contribution in [0, 0.1) is 29.6 Å². The lowest BCUT2D eigenvalue weighted by Gasteiger charge is -2.48. The molecule has 0 aromatic carbocycles. The van der Waals surface area contributed by atoms with Crippen molar-refractivity contribution in [1.82, 2.24) is 0 Å². The minimum absolute atomic E-state index is 0.00975. The molecule has 0 unspecified atom stereocenters. The third-order valence-corrected chi connectivity index (χ3v) is 11.4. The number of aliphatic hydroxyl groups is 8. The summed E-state index contributed by atoms with van der Waals surface area (Å²) in [6.45, 7) is 2.34. The third-order valence-electron chi connectivity index (χ3n) is 11.4. The van der Waals surface area contributed by atoms with Crippen LogP contribution in [0.4, 0.5) is 0 Å². The highest BCUT2D eigenvalue weighted by atomic mass is 16.8. The fraction of sp³-hybridized carbons (Fsp3) is 0.824. The second kappa shape index (κ2) is 16.9. The Hall–Kier alpha value is -2.54. The van der Waals surface area contributed by atoms with Crippen LogP contribution in [0.2, 0.25) is 0 Å². The van der Waals surface area contributed by atoms with Crippen molar-refractivity contribution in [1.29, 1.82) is 0 Å². The highest BCUT2D eigenvalue weighted by Gasteiger charge is 2.55. The summed E-state index contributed by atoms with van der Waals surface area (Å²) in [5, 5.41) is 83.6. The maximum Gasteiger partial charge on any atom is 0.337 e. The fourth-order valence-corrected chi connectivity index (χ4v) is 8.29. The van der Waals surface area contributed by atoms with Crippen LogP contribution < -0.4 is 0 Å². The Morgan fingerprint density at radius 1 is 0.667 bits per heavy atom. The summed E-state index contributed by atoms with van der Waals surface area (Å²) in [5.41, 5.74) is 0.338. The van der Waals surface area contributed by atoms with E-state index in [2.05, 4.69) is 0 Å². The Kier molecular flexibility index (Phi) is 12.9. The van der Waals surface area contributed by atoms with E-state index in [1.54, 1.807) is 13.8 Å². The lowest BCUT2D eigenvalue weighted by Crippen LogP contribution is -2.61. The van der Waals surface area contributed by atoms with Gasteiger partial charge in [-0.2, -0.15) is 0 Å². The Balaban J connectivity index is 1.13. The maximum absolute atomic E-state index is 12.8. The highest BCUT2D eigenvalue weighted by molar-refractivity contribution is 5.89. The number of methoxy groups -OCH3 is 2. The van der Waals surface area contributed by atoms with Crippen molar-refractivity contribution in [2.75, 3.05) is 27.4 Å². The van der Waals surface area contributed by atoms with Crippen molar-refractivity contribution >= 4 is 11.9 Å². The van der Waals surface area contributed by atoms with Gasteiger partial charge in [0, 0.05) is 24.2 Å². The van der Waals surface area contributed by atoms with Gasteiger partial charge in [-0.1, -0.05) is 6.92 Å². The maximum atomic E-state index is 12.8. The molecule has 20 atom stereocenters. The number of carbonyl (C=O) groups excluding carboxylic acids is 2. The summed E-state index contributed by atoms with van der Waals surface area (Å²) in [5.74, 6) is -4.20. The van der Waals surface area contributed by atoms with Crippen LogP contribution in [-0.2, 0) is 57.0 Å². The Bertz CT molecular complexity index is 1390. The van der Waals surface area contributed by atoms with Gasteiger partial charge >= 0.3 is 11.9 Å². The van der Waals surface area contributed by atoms with Crippen LogP contribution in [0.15, 0.2) is 23.7 Å². The molecule has 3 saturated heterocycles. The number of esters is 2. The van der Waals surface area contributed by atoms with Gasteiger partial charge in [0.25, 0.3) is 0 Å². The van der Waals surface area contributed by atoms with E-state index in [0.717, 1.165) is 6.26 Å². The van der Waals surface area contributed by atoms with E-state index < -0.39 is 147 Å². The third kappa shape index (κ3) is 7.75. The lowest BCUT2D eigenvalue weighted by molar-refractivity contribution is -0.359. The van der Waals surface area contributed by atoms with Crippen LogP contribution >= 0.6 is 0 Å². The molecule has 5 heterocycles. The van der Waals surface area contributed by atoms with Crippen LogP contribution in [0.1, 0.15) is 26.7 Å². The average Bonchev–Trinajstić information content (AvgIpc) is 3.47. The van der Waals surface area contributed by atoms with Gasteiger partial charge in [0.1, 0.15) is 48.8 Å². The summed E-state index contributed by atoms with van der Waals surface area (Å²) in [4.78, 5) is 25.2. The van der Waals surface area contributed by atoms with Crippen LogP contribution in [-0.4, -0.2) is 173 Å². The van der Waals surface area contributed by atoms with Crippen molar-refractivity contribution in [2.45, 2.75) is 119 Å². The first-order valence-corrected chi connectivity index (χ1v) is 17.8. The van der Waals surface area contributed by atoms with Gasteiger partial charge in [0.2, 0.25) is 12.6 Å². The van der Waals surface area contributed by atoms with Gasteiger partial charge in [-0.15, -0.1) is 0 Å². The smallest absolute Gasteiger partial charge is 0.337 e. The number of hydrogen-bond acceptors (Lipinski definition) is 20. The zero-order valence-corrected chi connectivity index (χ0v) is 30.0. The molecule has 4 fully saturated rings. The molecule has 8 N–H and O–H groups in total. The lowest BCUT2D eigenvalue weighted by atomic mass is 9.77. The van der Waals surface area contributed by atoms with Crippen molar-refractivity contribution in [2.24, 2.45) is 29.6 Å². The van der Waals surface area contributed by atoms with Gasteiger partial charge < -0.3 is 88.2 Å². The molecule has 0 aromatic heterocycles. The van der Waals surface area contributed by atoms with E-state index in [4.69, 9.17) is 47.4 Å². The zero-order chi connectivity index (χ0) is 39.2. The largest absolute Gasteiger partial charge is 0.472 e. The minimum atomic E-state index is -1.75. The molecule has 5 aliphatic heterocycles. The summed E-state index contributed by atoms with van der Waals surface area (Å²) in [6.07, 6.45) is -18.1. The standard InChI is InChI=1S/C34H50O20/c1-11-17(36)5-13-15(29(43)45-3)8-48-31(21(11)13)53-34-28(42)26(40)24(38)19(52-34)10-47-20-6-14-16(30(44)46-4)9-49-32(22(14)12(2)50-20)54-33-27(41)25(39)23(37)18(7-35)51-33/h8-9,11-14,17-28,31-42H,5-7,10H2,1-4H3/t11-,12-,13+,14+,17-,18+,19+,20-,21+,22+,23+,24+,25-,26-,27+,28+,31-,32-,33-,34-/m0/s1. The summed E-state index contributed by atoms with van der Waals surface area (Å²) >= 11 is 0. The molecule has 0 aromatic rings. The molecule has 0 bridgehead atoms. The van der Waals surface area contributed by atoms with E-state index in [1.807, 2.05) is 0 Å². The van der Waals surface area contributed by atoms with Crippen LogP contribution in [0.25, 0.3) is 0 Å². The Morgan fingerprint density at radius 2 is 1.17 bits per heavy atom. The van der Waals surface area contributed by atoms with Gasteiger partial charge in [-0.3, -0.25) is 0 Å². The van der Waals surface area contributed by atoms with Crippen molar-refractivity contribution in [3.63, 3.8) is 0 Å². The first-order valence-electron chi connectivity index (χ1n) is 17.8. The molecule has 1 saturated carbocycles. The summed E-state index contributed by atoms with van der Waals surface area (Å²) in [7, 11) is 2.42. The number of aliphatic hydroxyl groups excluding tert-OH is 8. The normalized spacial score (nSPS) is 47.6. The number of rotatable bonds is 10. The van der Waals surface area contributed by atoms with Crippen molar-refractivity contribution in [3.05, 3.63) is 23.7 Å². The molecule has 1 aliphatic carbocycles. The minimum Gasteiger partial charge on any atom is -0.472 e. The molecule has 0 spiro atoms. The van der Waals surface area contributed by atoms with Gasteiger partial charge in [-0.25, -0.2) is 9.59 Å². The number of carbonyl (C=O) groups is 2. The predicted octanol–water partition coefficient (Wildman–Crippen LogP) is -3.53. The van der Waals surface area contributed by atoms with Gasteiger partial charge in [-0.05, 0) is 19.3 Å². The molecule has 20 heteroatoms. The second-order valence-electron chi connectivity index (χ2n) is 14.5. The molecule has 54 heavy (non-hydrogen) atoms. The first kappa shape index (κ1) is 41.1. The fourth-order valence-electron chi connectivity index (χ4n) is 8.29. The summed E-state index contributed by atoms with van der Waals surface area (Å²) in [6, 6.07) is 0. The SMILES string of the molecule is COC(=O)C1=CO[C@@H](O[C@@H]2O[C@H](CO[C@@H]3C[C@@H]4C(C(=O)OC)=CO[C@@H](O[C@@H]5O[C@H](CO)[C@@H](O)[C@H](O)[C@H]5O)[C@@H]4[C@H](C)O3)[C@@H](O)[C@H](O)[C@H]2O)[C@@H]2[C@@H](C)[C@@H](O)C[C@H]12. The Labute approximate surface area is 309 Å². The van der Waals surface area contributed by atoms with E-state index in [1.165, 1.54) is 20.5 Å². The molecule has 0 radical (unpaired) electrons. The van der Waals surface area contributed by atoms with E-state index in [-0.39, 0.29) is 24.0 Å². The zero-order valence-electron chi connectivity index (χ0n) is 30.0. The van der Waals surface area contributed by atoms with Crippen LogP contribution in [0.3, 0.4) is 0 Å². The number of hydrogen-bond donors (Lipinski definition) is 8. The van der Waals surface area contributed by atoms with Gasteiger partial charge in [0.05, 0.1) is 69.2 Å². The molecule has 306 valence electrons. The predicted molar refractivity (Wildman–Crippen MR) is 171 cm³/mol. The van der Waals surface area contributed by atoms with Crippen molar-refractivity contribution in [3.8, 4) is 0 Å². The number of fused-ring (bicyclic) bond motifs is 2. The van der Waals surface area contributed by atoms with Crippen molar-refractivity contribution < 1.29 is 97.8 Å². The highest BCUT2D eigenvalue weighted by Crippen LogP contribution is 2.48. The molecule has 6 aliphatic rings. The van der Waals surface area contributed by atoms with E-state index in [9.17, 15) is 50.4 Å².